The molecule has 3 N–H and O–H groups in total. The second-order valence-corrected chi connectivity index (χ2v) is 6.76. The van der Waals surface area contributed by atoms with E-state index in [0.717, 1.165) is 24.5 Å². The molecule has 2 fully saturated rings. The maximum atomic E-state index is 6.40. The molecule has 0 radical (unpaired) electrons. The first-order valence-corrected chi connectivity index (χ1v) is 8.62. The molecule has 0 atom stereocenters. The normalized spacial score (nSPS) is 19.4. The quantitative estimate of drug-likeness (QED) is 0.860. The molecule has 0 amide bonds. The highest BCUT2D eigenvalue weighted by Gasteiger charge is 2.38. The molecule has 1 aromatic carbocycles. The van der Waals surface area contributed by atoms with Gasteiger partial charge in [0.1, 0.15) is 11.4 Å². The number of hydrogen-bond donors (Lipinski definition) is 2. The molecule has 0 unspecified atom stereocenters. The predicted octanol–water partition coefficient (Wildman–Crippen LogP) is 1.89. The van der Waals surface area contributed by atoms with Gasteiger partial charge in [-0.3, -0.25) is 0 Å². The standard InChI is InChI=1S/C17H20ClN5O2/c18-12-1-3-13(4-2-12)20-15-9-14(17(19)10-25-11-17)21-16(22-15)23-5-7-24-8-6-23/h1-4,9H,5-8,10-11,19H2,(H,20,21,22). The fourth-order valence-corrected chi connectivity index (χ4v) is 2.94. The number of morpholine rings is 1. The van der Waals surface area contributed by atoms with Crippen LogP contribution in [0.2, 0.25) is 5.02 Å². The monoisotopic (exact) mass is 361 g/mol. The second kappa shape index (κ2) is 6.76. The molecule has 8 heteroatoms. The molecular weight excluding hydrogens is 342 g/mol. The maximum Gasteiger partial charge on any atom is 0.227 e. The predicted molar refractivity (Wildman–Crippen MR) is 96.5 cm³/mol. The van der Waals surface area contributed by atoms with Crippen molar-refractivity contribution < 1.29 is 9.47 Å². The van der Waals surface area contributed by atoms with Gasteiger partial charge in [-0.05, 0) is 24.3 Å². The van der Waals surface area contributed by atoms with Crippen LogP contribution in [0.4, 0.5) is 17.5 Å². The van der Waals surface area contributed by atoms with Crippen LogP contribution in [0, 0.1) is 0 Å². The topological polar surface area (TPSA) is 85.5 Å². The highest BCUT2D eigenvalue weighted by Crippen LogP contribution is 2.29. The first-order chi connectivity index (χ1) is 12.1. The van der Waals surface area contributed by atoms with E-state index in [1.165, 1.54) is 0 Å². The number of anilines is 3. The van der Waals surface area contributed by atoms with Crippen LogP contribution >= 0.6 is 11.6 Å². The number of ether oxygens (including phenoxy) is 2. The molecule has 0 saturated carbocycles. The van der Waals surface area contributed by atoms with Gasteiger partial charge in [0.05, 0.1) is 32.1 Å². The lowest BCUT2D eigenvalue weighted by atomic mass is 9.94. The molecule has 132 valence electrons. The molecule has 2 aromatic rings. The molecule has 25 heavy (non-hydrogen) atoms. The molecule has 2 saturated heterocycles. The highest BCUT2D eigenvalue weighted by atomic mass is 35.5. The summed E-state index contributed by atoms with van der Waals surface area (Å²) in [5, 5.41) is 4.00. The van der Waals surface area contributed by atoms with E-state index in [-0.39, 0.29) is 0 Å². The summed E-state index contributed by atoms with van der Waals surface area (Å²) in [7, 11) is 0. The van der Waals surface area contributed by atoms with Gasteiger partial charge < -0.3 is 25.4 Å². The SMILES string of the molecule is NC1(c2cc(Nc3ccc(Cl)cc3)nc(N3CCOCC3)n2)COC1. The maximum absolute atomic E-state index is 6.40. The summed E-state index contributed by atoms with van der Waals surface area (Å²) in [5.74, 6) is 1.36. The minimum atomic E-state index is -0.555. The molecule has 4 rings (SSSR count). The Balaban J connectivity index is 1.66. The van der Waals surface area contributed by atoms with Crippen LogP contribution in [0.5, 0.6) is 0 Å². The summed E-state index contributed by atoms with van der Waals surface area (Å²) >= 11 is 5.95. The molecule has 0 spiro atoms. The second-order valence-electron chi connectivity index (χ2n) is 6.32. The van der Waals surface area contributed by atoms with Gasteiger partial charge in [-0.2, -0.15) is 4.98 Å². The molecule has 0 aliphatic carbocycles. The lowest BCUT2D eigenvalue weighted by Crippen LogP contribution is -2.55. The summed E-state index contributed by atoms with van der Waals surface area (Å²) in [6.07, 6.45) is 0. The summed E-state index contributed by atoms with van der Waals surface area (Å²) in [4.78, 5) is 11.5. The van der Waals surface area contributed by atoms with Gasteiger partial charge in [0, 0.05) is 29.9 Å². The Bertz CT molecular complexity index is 745. The zero-order valence-corrected chi connectivity index (χ0v) is 14.5. The van der Waals surface area contributed by atoms with Gasteiger partial charge in [-0.1, -0.05) is 11.6 Å². The average Bonchev–Trinajstić information content (AvgIpc) is 2.62. The molecule has 0 bridgehead atoms. The summed E-state index contributed by atoms with van der Waals surface area (Å²) in [5.41, 5.74) is 7.53. The van der Waals surface area contributed by atoms with Crippen LogP contribution in [-0.4, -0.2) is 49.5 Å². The number of halogens is 1. The van der Waals surface area contributed by atoms with Crippen molar-refractivity contribution in [1.82, 2.24) is 9.97 Å². The minimum absolute atomic E-state index is 0.465. The lowest BCUT2D eigenvalue weighted by Gasteiger charge is -2.38. The van der Waals surface area contributed by atoms with Crippen molar-refractivity contribution in [3.05, 3.63) is 41.0 Å². The third-order valence-corrected chi connectivity index (χ3v) is 4.61. The summed E-state index contributed by atoms with van der Waals surface area (Å²) < 4.78 is 10.7. The number of nitrogens with two attached hydrogens (primary N) is 1. The van der Waals surface area contributed by atoms with Crippen molar-refractivity contribution in [2.24, 2.45) is 5.73 Å². The molecule has 7 nitrogen and oxygen atoms in total. The highest BCUT2D eigenvalue weighted by molar-refractivity contribution is 6.30. The Labute approximate surface area is 151 Å². The third-order valence-electron chi connectivity index (χ3n) is 4.35. The van der Waals surface area contributed by atoms with Crippen molar-refractivity contribution in [2.45, 2.75) is 5.54 Å². The first kappa shape index (κ1) is 16.5. The van der Waals surface area contributed by atoms with Crippen molar-refractivity contribution in [1.29, 1.82) is 0 Å². The van der Waals surface area contributed by atoms with Gasteiger partial charge >= 0.3 is 0 Å². The fraction of sp³-hybridized carbons (Fsp3) is 0.412. The number of nitrogens with zero attached hydrogens (tertiary/aromatic N) is 3. The minimum Gasteiger partial charge on any atom is -0.378 e. The zero-order valence-electron chi connectivity index (χ0n) is 13.7. The average molecular weight is 362 g/mol. The molecule has 1 aromatic heterocycles. The van der Waals surface area contributed by atoms with Crippen LogP contribution in [0.3, 0.4) is 0 Å². The summed E-state index contributed by atoms with van der Waals surface area (Å²) in [6.45, 7) is 3.80. The Morgan fingerprint density at radius 1 is 1.08 bits per heavy atom. The number of benzene rings is 1. The van der Waals surface area contributed by atoms with Gasteiger partial charge in [-0.15, -0.1) is 0 Å². The smallest absolute Gasteiger partial charge is 0.227 e. The van der Waals surface area contributed by atoms with Gasteiger partial charge in [0.25, 0.3) is 0 Å². The van der Waals surface area contributed by atoms with E-state index in [2.05, 4.69) is 15.2 Å². The molecule has 3 heterocycles. The number of nitrogens with one attached hydrogen (secondary N) is 1. The first-order valence-electron chi connectivity index (χ1n) is 8.24. The molecule has 2 aliphatic rings. The van der Waals surface area contributed by atoms with E-state index in [9.17, 15) is 0 Å². The van der Waals surface area contributed by atoms with E-state index < -0.39 is 5.54 Å². The Kier molecular flexibility index (Phi) is 4.47. The van der Waals surface area contributed by atoms with Crippen LogP contribution in [0.1, 0.15) is 5.69 Å². The van der Waals surface area contributed by atoms with Crippen molar-refractivity contribution >= 4 is 29.1 Å². The molecular formula is C17H20ClN5O2. The van der Waals surface area contributed by atoms with E-state index in [4.69, 9.17) is 31.8 Å². The Morgan fingerprint density at radius 3 is 2.44 bits per heavy atom. The van der Waals surface area contributed by atoms with Crippen LogP contribution in [-0.2, 0) is 15.0 Å². The third kappa shape index (κ3) is 3.55. The Morgan fingerprint density at radius 2 is 1.80 bits per heavy atom. The van der Waals surface area contributed by atoms with E-state index >= 15 is 0 Å². The summed E-state index contributed by atoms with van der Waals surface area (Å²) in [6, 6.07) is 9.37. The van der Waals surface area contributed by atoms with Gasteiger partial charge in [0.15, 0.2) is 0 Å². The largest absolute Gasteiger partial charge is 0.378 e. The van der Waals surface area contributed by atoms with Crippen molar-refractivity contribution in [3.8, 4) is 0 Å². The number of rotatable bonds is 4. The fourth-order valence-electron chi connectivity index (χ4n) is 2.81. The van der Waals surface area contributed by atoms with E-state index in [0.29, 0.717) is 43.2 Å². The van der Waals surface area contributed by atoms with E-state index in [1.807, 2.05) is 30.3 Å². The van der Waals surface area contributed by atoms with Crippen LogP contribution in [0.15, 0.2) is 30.3 Å². The number of hydrogen-bond acceptors (Lipinski definition) is 7. The van der Waals surface area contributed by atoms with Crippen molar-refractivity contribution in [3.63, 3.8) is 0 Å². The van der Waals surface area contributed by atoms with E-state index in [1.54, 1.807) is 0 Å². The lowest BCUT2D eigenvalue weighted by molar-refractivity contribution is -0.0590. The molecule has 2 aliphatic heterocycles. The Hall–Kier alpha value is -1.93. The zero-order chi connectivity index (χ0) is 17.3. The van der Waals surface area contributed by atoms with Crippen LogP contribution in [0.25, 0.3) is 0 Å². The van der Waals surface area contributed by atoms with Crippen LogP contribution < -0.4 is 16.0 Å². The van der Waals surface area contributed by atoms with Gasteiger partial charge in [-0.25, -0.2) is 4.98 Å². The number of aromatic nitrogens is 2. The van der Waals surface area contributed by atoms with Crippen molar-refractivity contribution in [2.75, 3.05) is 49.7 Å². The van der Waals surface area contributed by atoms with Gasteiger partial charge in [0.2, 0.25) is 5.95 Å².